The number of carbonyl (C=O) groups excluding carboxylic acids is 2. The third-order valence-electron chi connectivity index (χ3n) is 9.31. The number of rotatable bonds is 6. The number of benzene rings is 3. The van der Waals surface area contributed by atoms with Crippen LogP contribution in [0.2, 0.25) is 0 Å². The molecule has 2 fully saturated rings. The second-order valence-electron chi connectivity index (χ2n) is 13.5. The van der Waals surface area contributed by atoms with Gasteiger partial charge in [-0.15, -0.1) is 0 Å². The van der Waals surface area contributed by atoms with Gasteiger partial charge in [0.1, 0.15) is 5.82 Å². The number of anilines is 1. The zero-order chi connectivity index (χ0) is 30.7. The van der Waals surface area contributed by atoms with E-state index in [-0.39, 0.29) is 22.8 Å². The average molecular weight is 584 g/mol. The minimum absolute atomic E-state index is 0.0529. The van der Waals surface area contributed by atoms with Gasteiger partial charge in [-0.05, 0) is 91.9 Å². The Balaban J connectivity index is 1.46. The van der Waals surface area contributed by atoms with Crippen LogP contribution >= 0.6 is 0 Å². The Morgan fingerprint density at radius 3 is 2.37 bits per heavy atom. The lowest BCUT2D eigenvalue weighted by Crippen LogP contribution is -2.46. The van der Waals surface area contributed by atoms with E-state index in [2.05, 4.69) is 68.2 Å². The van der Waals surface area contributed by atoms with Gasteiger partial charge in [-0.3, -0.25) is 14.5 Å². The number of piperidine rings is 2. The Morgan fingerprint density at radius 1 is 0.930 bits per heavy atom. The van der Waals surface area contributed by atoms with Gasteiger partial charge in [-0.1, -0.05) is 75.7 Å². The number of hydrogen-bond donors (Lipinski definition) is 1. The molecule has 0 spiro atoms. The quantitative estimate of drug-likeness (QED) is 0.320. The average Bonchev–Trinajstić information content (AvgIpc) is 2.98. The summed E-state index contributed by atoms with van der Waals surface area (Å²) in [4.78, 5) is 32.3. The number of halogens is 1. The van der Waals surface area contributed by atoms with Gasteiger partial charge in [0.2, 0.25) is 5.91 Å². The summed E-state index contributed by atoms with van der Waals surface area (Å²) in [5.74, 6) is -1.49. The summed E-state index contributed by atoms with van der Waals surface area (Å²) < 4.78 is 15.0. The highest BCUT2D eigenvalue weighted by Gasteiger charge is 2.40. The number of hydrogen-bond acceptors (Lipinski definition) is 3. The maximum atomic E-state index is 15.0. The predicted octanol–water partition coefficient (Wildman–Crippen LogP) is 8.04. The van der Waals surface area contributed by atoms with Gasteiger partial charge < -0.3 is 10.2 Å². The van der Waals surface area contributed by atoms with Crippen LogP contribution < -0.4 is 5.32 Å². The molecule has 3 aromatic carbocycles. The van der Waals surface area contributed by atoms with Crippen molar-refractivity contribution in [2.45, 2.75) is 90.8 Å². The minimum atomic E-state index is -0.527. The first-order valence-corrected chi connectivity index (χ1v) is 15.8. The Bertz CT molecular complexity index is 1420. The lowest BCUT2D eigenvalue weighted by atomic mass is 9.82. The van der Waals surface area contributed by atoms with Crippen molar-refractivity contribution in [2.24, 2.45) is 5.92 Å². The summed E-state index contributed by atoms with van der Waals surface area (Å²) in [7, 11) is 0. The van der Waals surface area contributed by atoms with Gasteiger partial charge in [0, 0.05) is 24.8 Å². The third-order valence-corrected chi connectivity index (χ3v) is 9.31. The SMILES string of the molecule is Cc1cccc(F)c1C(=O)N1CCC[C@H](C(=O)Nc2cccc(C(C)(C)C)c2)[C@@H]1c1ccc(CN2CCCCC2C)cc1. The van der Waals surface area contributed by atoms with E-state index in [0.29, 0.717) is 31.0 Å². The molecule has 2 aliphatic rings. The summed E-state index contributed by atoms with van der Waals surface area (Å²) in [5.41, 5.74) is 4.63. The van der Waals surface area contributed by atoms with Crippen LogP contribution in [-0.4, -0.2) is 40.7 Å². The molecule has 1 N–H and O–H groups in total. The highest BCUT2D eigenvalue weighted by molar-refractivity contribution is 5.98. The molecule has 43 heavy (non-hydrogen) atoms. The van der Waals surface area contributed by atoms with Crippen molar-refractivity contribution in [3.8, 4) is 0 Å². The molecule has 5 rings (SSSR count). The van der Waals surface area contributed by atoms with Crippen molar-refractivity contribution in [2.75, 3.05) is 18.4 Å². The Kier molecular flexibility index (Phi) is 9.36. The largest absolute Gasteiger partial charge is 0.331 e. The van der Waals surface area contributed by atoms with Gasteiger partial charge in [-0.2, -0.15) is 0 Å². The van der Waals surface area contributed by atoms with Gasteiger partial charge >= 0.3 is 0 Å². The minimum Gasteiger partial charge on any atom is -0.331 e. The van der Waals surface area contributed by atoms with Crippen molar-refractivity contribution < 1.29 is 14.0 Å². The zero-order valence-corrected chi connectivity index (χ0v) is 26.3. The fraction of sp³-hybridized carbons (Fsp3) is 0.459. The lowest BCUT2D eigenvalue weighted by molar-refractivity contribution is -0.123. The first-order valence-electron chi connectivity index (χ1n) is 15.8. The van der Waals surface area contributed by atoms with Crippen LogP contribution in [0.1, 0.15) is 98.5 Å². The van der Waals surface area contributed by atoms with Crippen LogP contribution in [0.4, 0.5) is 10.1 Å². The summed E-state index contributed by atoms with van der Waals surface area (Å²) in [6, 6.07) is 21.1. The second kappa shape index (κ2) is 13.0. The van der Waals surface area contributed by atoms with E-state index in [1.54, 1.807) is 24.0 Å². The number of amides is 2. The van der Waals surface area contributed by atoms with E-state index >= 15 is 4.39 Å². The molecule has 3 atom stereocenters. The monoisotopic (exact) mass is 583 g/mol. The van der Waals surface area contributed by atoms with Crippen molar-refractivity contribution in [3.63, 3.8) is 0 Å². The first kappa shape index (κ1) is 30.9. The molecule has 0 aliphatic carbocycles. The van der Waals surface area contributed by atoms with Crippen molar-refractivity contribution >= 4 is 17.5 Å². The summed E-state index contributed by atoms with van der Waals surface area (Å²) in [5, 5.41) is 3.16. The Hall–Kier alpha value is -3.51. The molecule has 0 radical (unpaired) electrons. The fourth-order valence-corrected chi connectivity index (χ4v) is 6.70. The third kappa shape index (κ3) is 7.01. The lowest BCUT2D eigenvalue weighted by Gasteiger charge is -2.41. The van der Waals surface area contributed by atoms with Crippen LogP contribution in [0.3, 0.4) is 0 Å². The van der Waals surface area contributed by atoms with Gasteiger partial charge in [0.15, 0.2) is 0 Å². The number of nitrogens with one attached hydrogen (secondary N) is 1. The molecule has 2 aliphatic heterocycles. The van der Waals surface area contributed by atoms with Crippen molar-refractivity contribution in [3.05, 3.63) is 100 Å². The van der Waals surface area contributed by atoms with E-state index in [0.717, 1.165) is 29.9 Å². The standard InChI is InChI=1S/C37H46FN3O2/c1-25-11-8-16-32(38)33(25)36(43)41-22-10-15-31(35(42)39-30-14-9-13-29(23-30)37(3,4)5)34(41)28-19-17-27(18-20-28)24-40-21-7-6-12-26(40)2/h8-9,11,13-14,16-20,23,26,31,34H,6-7,10,12,15,21-22,24H2,1-5H3,(H,39,42)/t26?,31-,34-/m0/s1. The zero-order valence-electron chi connectivity index (χ0n) is 26.3. The molecule has 0 bridgehead atoms. The highest BCUT2D eigenvalue weighted by atomic mass is 19.1. The van der Waals surface area contributed by atoms with Crippen molar-refractivity contribution in [1.82, 2.24) is 9.80 Å². The van der Waals surface area contributed by atoms with E-state index in [1.807, 2.05) is 18.2 Å². The van der Waals surface area contributed by atoms with E-state index in [4.69, 9.17) is 0 Å². The molecule has 0 aromatic heterocycles. The molecule has 2 amide bonds. The second-order valence-corrected chi connectivity index (χ2v) is 13.5. The summed E-state index contributed by atoms with van der Waals surface area (Å²) in [6.45, 7) is 13.0. The van der Waals surface area contributed by atoms with E-state index in [9.17, 15) is 9.59 Å². The molecule has 0 saturated carbocycles. The normalized spacial score (nSPS) is 21.4. The molecule has 2 heterocycles. The number of likely N-dealkylation sites (tertiary alicyclic amines) is 2. The maximum Gasteiger partial charge on any atom is 0.257 e. The topological polar surface area (TPSA) is 52.7 Å². The van der Waals surface area contributed by atoms with Crippen molar-refractivity contribution in [1.29, 1.82) is 0 Å². The molecule has 228 valence electrons. The molecular formula is C37H46FN3O2. The van der Waals surface area contributed by atoms with Gasteiger partial charge in [0.25, 0.3) is 5.91 Å². The van der Waals surface area contributed by atoms with Crippen LogP contribution in [0.15, 0.2) is 66.7 Å². The van der Waals surface area contributed by atoms with Gasteiger partial charge in [-0.25, -0.2) is 4.39 Å². The Labute approximate surface area is 256 Å². The van der Waals surface area contributed by atoms with Crippen LogP contribution in [0, 0.1) is 18.7 Å². The molecule has 1 unspecified atom stereocenters. The predicted molar refractivity (Wildman–Crippen MR) is 172 cm³/mol. The summed E-state index contributed by atoms with van der Waals surface area (Å²) >= 11 is 0. The van der Waals surface area contributed by atoms with E-state index in [1.165, 1.54) is 30.9 Å². The molecule has 3 aromatic rings. The summed E-state index contributed by atoms with van der Waals surface area (Å²) in [6.07, 6.45) is 5.05. The smallest absolute Gasteiger partial charge is 0.257 e. The molecule has 6 heteroatoms. The highest BCUT2D eigenvalue weighted by Crippen LogP contribution is 2.39. The molecular weight excluding hydrogens is 537 g/mol. The maximum absolute atomic E-state index is 15.0. The van der Waals surface area contributed by atoms with E-state index < -0.39 is 17.8 Å². The number of aryl methyl sites for hydroxylation is 1. The molecule has 5 nitrogen and oxygen atoms in total. The van der Waals surface area contributed by atoms with Gasteiger partial charge in [0.05, 0.1) is 17.5 Å². The fourth-order valence-electron chi connectivity index (χ4n) is 6.70. The molecule has 2 saturated heterocycles. The van der Waals surface area contributed by atoms with Crippen LogP contribution in [-0.2, 0) is 16.8 Å². The van der Waals surface area contributed by atoms with Crippen LogP contribution in [0.25, 0.3) is 0 Å². The number of nitrogens with zero attached hydrogens (tertiary/aromatic N) is 2. The number of carbonyl (C=O) groups is 2. The van der Waals surface area contributed by atoms with Crippen LogP contribution in [0.5, 0.6) is 0 Å². The Morgan fingerprint density at radius 2 is 1.67 bits per heavy atom. The first-order chi connectivity index (χ1) is 20.5.